The van der Waals surface area contributed by atoms with Crippen molar-refractivity contribution >= 4 is 39.7 Å². The summed E-state index contributed by atoms with van der Waals surface area (Å²) in [6, 6.07) is 10.2. The quantitative estimate of drug-likeness (QED) is 0.469. The molecule has 1 N–H and O–H groups in total. The molecule has 1 amide bonds. The molecule has 36 heavy (non-hydrogen) atoms. The number of carbonyl (C=O) groups is 1. The molecule has 4 rings (SSSR count). The van der Waals surface area contributed by atoms with Crippen molar-refractivity contribution in [1.29, 1.82) is 0 Å². The maximum absolute atomic E-state index is 14.0. The van der Waals surface area contributed by atoms with Gasteiger partial charge in [0.25, 0.3) is 0 Å². The molecule has 0 bridgehead atoms. The van der Waals surface area contributed by atoms with Crippen LogP contribution in [0.15, 0.2) is 51.9 Å². The van der Waals surface area contributed by atoms with Gasteiger partial charge in [0.05, 0.1) is 0 Å². The molecular formula is C25H24ClF2N3O4S. The third kappa shape index (κ3) is 5.83. The van der Waals surface area contributed by atoms with E-state index in [0.29, 0.717) is 24.4 Å². The zero-order valence-electron chi connectivity index (χ0n) is 19.4. The van der Waals surface area contributed by atoms with E-state index < -0.39 is 21.7 Å². The smallest absolute Gasteiger partial charge is 0.248 e. The van der Waals surface area contributed by atoms with Crippen molar-refractivity contribution < 1.29 is 26.5 Å². The van der Waals surface area contributed by atoms with E-state index in [1.54, 1.807) is 12.1 Å². The van der Waals surface area contributed by atoms with Gasteiger partial charge in [-0.1, -0.05) is 28.9 Å². The molecule has 1 saturated heterocycles. The van der Waals surface area contributed by atoms with E-state index in [4.69, 9.17) is 16.1 Å². The topological polar surface area (TPSA) is 92.5 Å². The second-order valence-corrected chi connectivity index (χ2v) is 10.8. The van der Waals surface area contributed by atoms with Gasteiger partial charge < -0.3 is 9.84 Å². The molecule has 190 valence electrons. The summed E-state index contributed by atoms with van der Waals surface area (Å²) in [5.41, 5.74) is 1.15. The van der Waals surface area contributed by atoms with Gasteiger partial charge >= 0.3 is 0 Å². The molecule has 0 saturated carbocycles. The van der Waals surface area contributed by atoms with E-state index in [2.05, 4.69) is 10.5 Å². The molecule has 0 spiro atoms. The van der Waals surface area contributed by atoms with E-state index in [0.717, 1.165) is 17.7 Å². The average Bonchev–Trinajstić information content (AvgIpc) is 3.24. The highest BCUT2D eigenvalue weighted by Crippen LogP contribution is 2.29. The molecular weight excluding hydrogens is 512 g/mol. The molecule has 1 fully saturated rings. The number of hydrogen-bond acceptors (Lipinski definition) is 5. The van der Waals surface area contributed by atoms with Gasteiger partial charge in [0.1, 0.15) is 17.3 Å². The van der Waals surface area contributed by atoms with Crippen LogP contribution in [0.4, 0.5) is 8.78 Å². The lowest BCUT2D eigenvalue weighted by molar-refractivity contribution is -0.126. The van der Waals surface area contributed by atoms with Crippen LogP contribution in [0.2, 0.25) is 5.02 Å². The highest BCUT2D eigenvalue weighted by atomic mass is 35.5. The van der Waals surface area contributed by atoms with Crippen LogP contribution >= 0.6 is 11.6 Å². The number of rotatable bonds is 7. The number of aryl methyl sites for hydroxylation is 1. The number of hydrogen-bond donors (Lipinski definition) is 1. The number of aromatic nitrogens is 1. The minimum Gasteiger partial charge on any atom is -0.355 e. The molecule has 0 atom stereocenters. The van der Waals surface area contributed by atoms with Gasteiger partial charge in [0.2, 0.25) is 15.9 Å². The summed E-state index contributed by atoms with van der Waals surface area (Å²) >= 11 is 5.88. The lowest BCUT2D eigenvalue weighted by Gasteiger charge is -2.30. The van der Waals surface area contributed by atoms with Crippen molar-refractivity contribution in [2.45, 2.75) is 31.2 Å². The molecule has 1 aliphatic rings. The first kappa shape index (κ1) is 26.0. The minimum atomic E-state index is -3.98. The Morgan fingerprint density at radius 1 is 1.17 bits per heavy atom. The second-order valence-electron chi connectivity index (χ2n) is 8.48. The first-order chi connectivity index (χ1) is 17.1. The van der Waals surface area contributed by atoms with E-state index in [1.807, 2.05) is 12.1 Å². The average molecular weight is 536 g/mol. The first-order valence-electron chi connectivity index (χ1n) is 11.3. The maximum atomic E-state index is 14.0. The zero-order valence-corrected chi connectivity index (χ0v) is 21.0. The Kier molecular flexibility index (Phi) is 7.87. The van der Waals surface area contributed by atoms with Crippen molar-refractivity contribution in [2.24, 2.45) is 5.92 Å². The Morgan fingerprint density at radius 2 is 1.86 bits per heavy atom. The fourth-order valence-corrected chi connectivity index (χ4v) is 5.87. The molecule has 11 heteroatoms. The highest BCUT2D eigenvalue weighted by Gasteiger charge is 2.35. The molecule has 0 unspecified atom stereocenters. The number of sulfonamides is 1. The van der Waals surface area contributed by atoms with Gasteiger partial charge in [0, 0.05) is 42.2 Å². The first-order valence-corrected chi connectivity index (χ1v) is 13.1. The molecule has 1 aliphatic heterocycles. The third-order valence-electron chi connectivity index (χ3n) is 6.01. The Balaban J connectivity index is 1.41. The van der Waals surface area contributed by atoms with Crippen LogP contribution in [-0.4, -0.2) is 36.9 Å². The van der Waals surface area contributed by atoms with Crippen LogP contribution in [0.5, 0.6) is 0 Å². The normalized spacial score (nSPS) is 15.4. The summed E-state index contributed by atoms with van der Waals surface area (Å²) in [7, 11) is -3.98. The second kappa shape index (κ2) is 10.9. The summed E-state index contributed by atoms with van der Waals surface area (Å²) in [6.07, 6.45) is 3.31. The number of halogens is 3. The SMILES string of the molecule is Cc1noc(C=Cc2ccc(F)cc2F)c1S(=O)(=O)N1CCC(C(=O)NCc2ccc(Cl)cc2)CC1. The predicted molar refractivity (Wildman–Crippen MR) is 131 cm³/mol. The summed E-state index contributed by atoms with van der Waals surface area (Å²) in [4.78, 5) is 12.5. The van der Waals surface area contributed by atoms with E-state index >= 15 is 0 Å². The van der Waals surface area contributed by atoms with Gasteiger partial charge in [0.15, 0.2) is 10.7 Å². The van der Waals surface area contributed by atoms with Gasteiger partial charge in [-0.05, 0) is 61.7 Å². The van der Waals surface area contributed by atoms with E-state index in [9.17, 15) is 22.0 Å². The molecule has 0 aliphatic carbocycles. The summed E-state index contributed by atoms with van der Waals surface area (Å²) < 4.78 is 60.3. The monoisotopic (exact) mass is 535 g/mol. The lowest BCUT2D eigenvalue weighted by Crippen LogP contribution is -2.43. The minimum absolute atomic E-state index is 0.0564. The van der Waals surface area contributed by atoms with Crippen molar-refractivity contribution in [2.75, 3.05) is 13.1 Å². The molecule has 7 nitrogen and oxygen atoms in total. The molecule has 2 heterocycles. The Bertz CT molecular complexity index is 1380. The van der Waals surface area contributed by atoms with Crippen LogP contribution in [0, 0.1) is 24.5 Å². The lowest BCUT2D eigenvalue weighted by atomic mass is 9.97. The van der Waals surface area contributed by atoms with Crippen LogP contribution in [0.3, 0.4) is 0 Å². The van der Waals surface area contributed by atoms with Crippen molar-refractivity contribution in [1.82, 2.24) is 14.8 Å². The van der Waals surface area contributed by atoms with Gasteiger partial charge in [-0.15, -0.1) is 0 Å². The largest absolute Gasteiger partial charge is 0.355 e. The van der Waals surface area contributed by atoms with Gasteiger partial charge in [-0.3, -0.25) is 4.79 Å². The Hall–Kier alpha value is -3.08. The molecule has 0 radical (unpaired) electrons. The van der Waals surface area contributed by atoms with Crippen LogP contribution in [-0.2, 0) is 21.4 Å². The Labute approximate surface area is 212 Å². The highest BCUT2D eigenvalue weighted by molar-refractivity contribution is 7.89. The van der Waals surface area contributed by atoms with E-state index in [1.165, 1.54) is 29.4 Å². The predicted octanol–water partition coefficient (Wildman–Crippen LogP) is 4.80. The Morgan fingerprint density at radius 3 is 2.53 bits per heavy atom. The summed E-state index contributed by atoms with van der Waals surface area (Å²) in [6.45, 7) is 2.17. The van der Waals surface area contributed by atoms with Crippen LogP contribution in [0.1, 0.15) is 35.4 Å². The molecule has 1 aromatic heterocycles. The van der Waals surface area contributed by atoms with Crippen LogP contribution < -0.4 is 5.32 Å². The van der Waals surface area contributed by atoms with Gasteiger partial charge in [-0.25, -0.2) is 17.2 Å². The van der Waals surface area contributed by atoms with Crippen molar-refractivity contribution in [3.63, 3.8) is 0 Å². The summed E-state index contributed by atoms with van der Waals surface area (Å²) in [5.74, 6) is -2.01. The number of nitrogens with zero attached hydrogens (tertiary/aromatic N) is 2. The van der Waals surface area contributed by atoms with E-state index in [-0.39, 0.29) is 46.8 Å². The number of piperidine rings is 1. The fourth-order valence-electron chi connectivity index (χ4n) is 4.02. The van der Waals surface area contributed by atoms with Crippen molar-refractivity contribution in [3.05, 3.63) is 81.7 Å². The summed E-state index contributed by atoms with van der Waals surface area (Å²) in [5, 5.41) is 7.27. The zero-order chi connectivity index (χ0) is 25.9. The van der Waals surface area contributed by atoms with Gasteiger partial charge in [-0.2, -0.15) is 4.31 Å². The van der Waals surface area contributed by atoms with Crippen molar-refractivity contribution in [3.8, 4) is 0 Å². The number of amides is 1. The number of benzene rings is 2. The number of nitrogens with one attached hydrogen (secondary N) is 1. The van der Waals surface area contributed by atoms with Crippen LogP contribution in [0.25, 0.3) is 12.2 Å². The third-order valence-corrected chi connectivity index (χ3v) is 8.32. The fraction of sp³-hybridized carbons (Fsp3) is 0.280. The standard InChI is InChI=1S/C25H24ClF2N3O4S/c1-16-24(23(35-30-16)9-5-18-4-8-21(27)14-22(18)28)36(33,34)31-12-10-19(11-13-31)25(32)29-15-17-2-6-20(26)7-3-17/h2-9,14,19H,10-13,15H2,1H3,(H,29,32). The molecule has 2 aromatic carbocycles. The molecule has 3 aromatic rings. The maximum Gasteiger partial charge on any atom is 0.248 e. The number of carbonyl (C=O) groups excluding carboxylic acids is 1.